The summed E-state index contributed by atoms with van der Waals surface area (Å²) in [7, 11) is 0. The maximum atomic E-state index is 13.3. The number of nitrogens with zero attached hydrogens (tertiary/aromatic N) is 5. The monoisotopic (exact) mass is 744 g/mol. The Morgan fingerprint density at radius 3 is 2.67 bits per heavy atom. The van der Waals surface area contributed by atoms with Crippen molar-refractivity contribution in [3.05, 3.63) is 83.3 Å². The van der Waals surface area contributed by atoms with Crippen molar-refractivity contribution >= 4 is 68.8 Å². The van der Waals surface area contributed by atoms with Crippen molar-refractivity contribution in [2.24, 2.45) is 0 Å². The van der Waals surface area contributed by atoms with E-state index in [1.165, 1.54) is 18.9 Å². The van der Waals surface area contributed by atoms with Crippen molar-refractivity contribution in [2.45, 2.75) is 64.2 Å². The van der Waals surface area contributed by atoms with E-state index in [0.717, 1.165) is 45.8 Å². The molecule has 6 amide bonds. The van der Waals surface area contributed by atoms with Crippen LogP contribution in [0.2, 0.25) is 0 Å². The quantitative estimate of drug-likeness (QED) is 0.118. The van der Waals surface area contributed by atoms with E-state index >= 15 is 0 Å². The molecular formula is C39H40N10O6. The smallest absolute Gasteiger partial charge is 0.264 e. The highest BCUT2D eigenvalue weighted by molar-refractivity contribution is 6.25. The predicted molar refractivity (Wildman–Crippen MR) is 202 cm³/mol. The van der Waals surface area contributed by atoms with Gasteiger partial charge in [0.2, 0.25) is 17.7 Å². The maximum Gasteiger partial charge on any atom is 0.264 e. The Bertz CT molecular complexity index is 2380. The first-order chi connectivity index (χ1) is 26.6. The van der Waals surface area contributed by atoms with Crippen molar-refractivity contribution in [1.82, 2.24) is 40.2 Å². The number of carbonyl (C=O) groups is 6. The summed E-state index contributed by atoms with van der Waals surface area (Å²) in [4.78, 5) is 87.7. The average molecular weight is 745 g/mol. The number of aromatic nitrogens is 4. The Labute approximate surface area is 315 Å². The summed E-state index contributed by atoms with van der Waals surface area (Å²) in [6.45, 7) is 4.99. The number of aromatic amines is 1. The highest BCUT2D eigenvalue weighted by Gasteiger charge is 2.45. The molecule has 16 heteroatoms. The third-order valence-corrected chi connectivity index (χ3v) is 10.5. The van der Waals surface area contributed by atoms with Gasteiger partial charge in [0.25, 0.3) is 17.7 Å². The van der Waals surface area contributed by atoms with Gasteiger partial charge >= 0.3 is 0 Å². The molecule has 2 atom stereocenters. The zero-order valence-electron chi connectivity index (χ0n) is 30.2. The minimum atomic E-state index is -1.06. The minimum Gasteiger partial charge on any atom is -0.384 e. The molecule has 3 aliphatic heterocycles. The zero-order valence-corrected chi connectivity index (χ0v) is 30.2. The van der Waals surface area contributed by atoms with Crippen LogP contribution in [0.4, 0.5) is 11.4 Å². The molecule has 55 heavy (non-hydrogen) atoms. The van der Waals surface area contributed by atoms with Crippen LogP contribution in [0.25, 0.3) is 21.9 Å². The number of rotatable bonds is 12. The molecular weight excluding hydrogens is 704 g/mol. The van der Waals surface area contributed by atoms with Gasteiger partial charge in [-0.05, 0) is 81.3 Å². The summed E-state index contributed by atoms with van der Waals surface area (Å²) < 4.78 is 1.76. The molecule has 3 aromatic carbocycles. The maximum absolute atomic E-state index is 13.3. The van der Waals surface area contributed by atoms with Gasteiger partial charge in [0.05, 0.1) is 47.0 Å². The van der Waals surface area contributed by atoms with E-state index in [9.17, 15) is 28.8 Å². The molecule has 2 fully saturated rings. The Kier molecular flexibility index (Phi) is 9.57. The van der Waals surface area contributed by atoms with Gasteiger partial charge < -0.3 is 20.9 Å². The number of amides is 6. The predicted octanol–water partition coefficient (Wildman–Crippen LogP) is 3.17. The number of H-pyrrole nitrogens is 1. The third kappa shape index (κ3) is 7.15. The minimum absolute atomic E-state index is 0.0332. The first-order valence-electron chi connectivity index (χ1n) is 18.5. The van der Waals surface area contributed by atoms with Crippen molar-refractivity contribution in [2.75, 3.05) is 30.3 Å². The molecule has 2 unspecified atom stereocenters. The summed E-state index contributed by atoms with van der Waals surface area (Å²) in [6.07, 6.45) is 4.28. The number of carbonyl (C=O) groups excluding carboxylic acids is 6. The number of imide groups is 2. The molecule has 2 saturated heterocycles. The van der Waals surface area contributed by atoms with Gasteiger partial charge in [-0.1, -0.05) is 6.07 Å². The number of benzene rings is 3. The molecule has 282 valence electrons. The largest absolute Gasteiger partial charge is 0.384 e. The fourth-order valence-electron chi connectivity index (χ4n) is 7.60. The lowest BCUT2D eigenvalue weighted by Gasteiger charge is -2.27. The van der Waals surface area contributed by atoms with Crippen LogP contribution < -0.4 is 21.3 Å². The normalized spacial score (nSPS) is 18.6. The molecule has 0 aliphatic carbocycles. The molecule has 0 saturated carbocycles. The number of hydrogen-bond acceptors (Lipinski definition) is 10. The summed E-state index contributed by atoms with van der Waals surface area (Å²) in [5.74, 6) is -1.90. The zero-order chi connectivity index (χ0) is 38.2. The lowest BCUT2D eigenvalue weighted by atomic mass is 10.0. The summed E-state index contributed by atoms with van der Waals surface area (Å²) in [6, 6.07) is 15.3. The summed E-state index contributed by atoms with van der Waals surface area (Å²) >= 11 is 0. The molecule has 2 aromatic heterocycles. The van der Waals surface area contributed by atoms with Crippen LogP contribution in [-0.4, -0.2) is 96.7 Å². The average Bonchev–Trinajstić information content (AvgIpc) is 3.94. The molecule has 0 radical (unpaired) electrons. The van der Waals surface area contributed by atoms with E-state index in [1.54, 1.807) is 35.1 Å². The number of nitrogens with one attached hydrogen (secondary N) is 5. The molecule has 5 aromatic rings. The highest BCUT2D eigenvalue weighted by atomic mass is 16.2. The molecule has 0 spiro atoms. The van der Waals surface area contributed by atoms with Crippen molar-refractivity contribution in [3.63, 3.8) is 0 Å². The Hall–Kier alpha value is -6.42. The van der Waals surface area contributed by atoms with Crippen LogP contribution >= 0.6 is 0 Å². The number of hydrogen-bond donors (Lipinski definition) is 5. The highest BCUT2D eigenvalue weighted by Crippen LogP contribution is 2.32. The van der Waals surface area contributed by atoms with Crippen LogP contribution in [0.3, 0.4) is 0 Å². The van der Waals surface area contributed by atoms with Crippen LogP contribution in [0.15, 0.2) is 60.8 Å². The van der Waals surface area contributed by atoms with Crippen LogP contribution in [0.5, 0.6) is 0 Å². The van der Waals surface area contributed by atoms with Gasteiger partial charge in [0.15, 0.2) is 0 Å². The SMILES string of the molecule is CC1CCCN1Cc1nc2cc(NC(=O)c3ccc4c(cnn4CCNC(=O)CCNc4cccc5c4C(=O)N(C4CCC(=O)NC4=O)C5=O)c3)ccc2[nH]1. The van der Waals surface area contributed by atoms with E-state index in [-0.39, 0.29) is 48.7 Å². The van der Waals surface area contributed by atoms with Crippen molar-refractivity contribution in [3.8, 4) is 0 Å². The van der Waals surface area contributed by atoms with E-state index in [1.807, 2.05) is 24.3 Å². The molecule has 3 aliphatic rings. The van der Waals surface area contributed by atoms with Crippen molar-refractivity contribution in [1.29, 1.82) is 0 Å². The standard InChI is InChI=1S/C39H40N10O6/c1-22-4-3-16-47(22)21-32-44-27-9-8-25(19-29(27)45-32)43-36(52)23-7-10-30-24(18-23)20-42-48(30)17-15-41-33(50)13-14-40-28-6-2-5-26-35(28)39(55)49(38(26)54)31-11-12-34(51)46-37(31)53/h2,5-10,18-20,22,31,40H,3-4,11-17,21H2,1H3,(H,41,50)(H,43,52)(H,44,45)(H,46,51,53). The molecule has 5 N–H and O–H groups in total. The second-order valence-electron chi connectivity index (χ2n) is 14.2. The molecule has 8 rings (SSSR count). The lowest BCUT2D eigenvalue weighted by molar-refractivity contribution is -0.136. The number of imidazole rings is 1. The topological polar surface area (TPSA) is 204 Å². The van der Waals surface area contributed by atoms with E-state index in [2.05, 4.69) is 43.2 Å². The summed E-state index contributed by atoms with van der Waals surface area (Å²) in [5, 5.41) is 16.4. The number of anilines is 2. The number of fused-ring (bicyclic) bond motifs is 3. The first kappa shape index (κ1) is 35.6. The first-order valence-corrected chi connectivity index (χ1v) is 18.5. The van der Waals surface area contributed by atoms with Gasteiger partial charge in [-0.3, -0.25) is 48.6 Å². The second kappa shape index (κ2) is 14.8. The molecule has 16 nitrogen and oxygen atoms in total. The van der Waals surface area contributed by atoms with Gasteiger partial charge in [-0.25, -0.2) is 4.98 Å². The van der Waals surface area contributed by atoms with E-state index < -0.39 is 29.7 Å². The van der Waals surface area contributed by atoms with Crippen LogP contribution in [0.1, 0.15) is 75.9 Å². The van der Waals surface area contributed by atoms with Crippen molar-refractivity contribution < 1.29 is 28.8 Å². The molecule has 0 bridgehead atoms. The van der Waals surface area contributed by atoms with Gasteiger partial charge in [0, 0.05) is 54.3 Å². The van der Waals surface area contributed by atoms with Crippen LogP contribution in [0, 0.1) is 0 Å². The van der Waals surface area contributed by atoms with E-state index in [0.29, 0.717) is 36.1 Å². The fourth-order valence-corrected chi connectivity index (χ4v) is 7.60. The van der Waals surface area contributed by atoms with Crippen LogP contribution in [-0.2, 0) is 27.5 Å². The Morgan fingerprint density at radius 2 is 1.85 bits per heavy atom. The fraction of sp³-hybridized carbons (Fsp3) is 0.333. The summed E-state index contributed by atoms with van der Waals surface area (Å²) in [5.41, 5.74) is 4.35. The number of likely N-dealkylation sites (tertiary alicyclic amines) is 1. The second-order valence-corrected chi connectivity index (χ2v) is 14.2. The number of piperidine rings is 1. The third-order valence-electron chi connectivity index (χ3n) is 10.5. The van der Waals surface area contributed by atoms with Gasteiger partial charge in [0.1, 0.15) is 11.9 Å². The Morgan fingerprint density at radius 1 is 0.982 bits per heavy atom. The van der Waals surface area contributed by atoms with Gasteiger partial charge in [-0.15, -0.1) is 0 Å². The lowest BCUT2D eigenvalue weighted by Crippen LogP contribution is -2.54. The Balaban J connectivity index is 0.817. The van der Waals surface area contributed by atoms with Gasteiger partial charge in [-0.2, -0.15) is 5.10 Å². The van der Waals surface area contributed by atoms with E-state index in [4.69, 9.17) is 4.98 Å². The molecule has 5 heterocycles.